The molecule has 0 saturated carbocycles. The quantitative estimate of drug-likeness (QED) is 0.555. The molecule has 0 saturated heterocycles. The van der Waals surface area contributed by atoms with Gasteiger partial charge in [-0.3, -0.25) is 9.59 Å². The van der Waals surface area contributed by atoms with E-state index in [2.05, 4.69) is 5.32 Å². The molecule has 3 aromatic rings. The van der Waals surface area contributed by atoms with Gasteiger partial charge in [0.15, 0.2) is 5.78 Å². The fourth-order valence-electron chi connectivity index (χ4n) is 2.47. The summed E-state index contributed by atoms with van der Waals surface area (Å²) in [6, 6.07) is 17.0. The molecular formula is C19H16ClNO2S2. The van der Waals surface area contributed by atoms with Crippen LogP contribution in [0.5, 0.6) is 0 Å². The van der Waals surface area contributed by atoms with E-state index in [1.807, 2.05) is 47.8 Å². The van der Waals surface area contributed by atoms with Gasteiger partial charge in [0.25, 0.3) is 0 Å². The first-order chi connectivity index (χ1) is 12.1. The smallest absolute Gasteiger partial charge is 0.221 e. The molecule has 1 N–H and O–H groups in total. The second-order valence-electron chi connectivity index (χ2n) is 5.45. The number of carbonyl (C=O) groups excluding carboxylic acids is 2. The van der Waals surface area contributed by atoms with Gasteiger partial charge in [-0.05, 0) is 29.1 Å². The highest BCUT2D eigenvalue weighted by molar-refractivity contribution is 7.18. The Morgan fingerprint density at radius 1 is 1.00 bits per heavy atom. The lowest BCUT2D eigenvalue weighted by Crippen LogP contribution is -2.29. The summed E-state index contributed by atoms with van der Waals surface area (Å²) in [4.78, 5) is 26.2. The molecule has 25 heavy (non-hydrogen) atoms. The fraction of sp³-hybridized carbons (Fsp3) is 0.158. The van der Waals surface area contributed by atoms with Crippen LogP contribution < -0.4 is 5.32 Å². The third-order valence-corrected chi connectivity index (χ3v) is 5.90. The highest BCUT2D eigenvalue weighted by atomic mass is 35.5. The molecule has 0 unspecified atom stereocenters. The molecule has 0 radical (unpaired) electrons. The monoisotopic (exact) mass is 389 g/mol. The Balaban J connectivity index is 1.64. The second-order valence-corrected chi connectivity index (χ2v) is 8.15. The molecule has 1 aromatic carbocycles. The van der Waals surface area contributed by atoms with Crippen LogP contribution in [0.4, 0.5) is 0 Å². The summed E-state index contributed by atoms with van der Waals surface area (Å²) in [5, 5.41) is 5.03. The number of nitrogens with one attached hydrogen (secondary N) is 1. The Hall–Kier alpha value is -1.95. The third kappa shape index (κ3) is 4.78. The fourth-order valence-corrected chi connectivity index (χ4v) is 4.28. The Morgan fingerprint density at radius 2 is 1.80 bits per heavy atom. The zero-order valence-electron chi connectivity index (χ0n) is 13.3. The van der Waals surface area contributed by atoms with E-state index in [1.165, 1.54) is 11.3 Å². The molecular weight excluding hydrogens is 374 g/mol. The lowest BCUT2D eigenvalue weighted by molar-refractivity contribution is -0.121. The Bertz CT molecular complexity index is 843. The predicted octanol–water partition coefficient (Wildman–Crippen LogP) is 5.33. The molecule has 3 nitrogen and oxygen atoms in total. The maximum Gasteiger partial charge on any atom is 0.221 e. The van der Waals surface area contributed by atoms with Crippen LogP contribution in [0.25, 0.3) is 0 Å². The van der Waals surface area contributed by atoms with Gasteiger partial charge in [0, 0.05) is 17.7 Å². The molecule has 0 fully saturated rings. The highest BCUT2D eigenvalue weighted by Crippen LogP contribution is 2.26. The van der Waals surface area contributed by atoms with Crippen molar-refractivity contribution >= 4 is 46.0 Å². The van der Waals surface area contributed by atoms with E-state index < -0.39 is 0 Å². The lowest BCUT2D eigenvalue weighted by atomic mass is 10.0. The van der Waals surface area contributed by atoms with E-state index in [-0.39, 0.29) is 30.6 Å². The first-order valence-electron chi connectivity index (χ1n) is 7.80. The van der Waals surface area contributed by atoms with Crippen molar-refractivity contribution in [2.75, 3.05) is 0 Å². The van der Waals surface area contributed by atoms with E-state index in [0.717, 1.165) is 10.4 Å². The summed E-state index contributed by atoms with van der Waals surface area (Å²) in [5.41, 5.74) is 1.02. The van der Waals surface area contributed by atoms with Gasteiger partial charge in [-0.15, -0.1) is 22.7 Å². The zero-order valence-corrected chi connectivity index (χ0v) is 15.7. The number of benzene rings is 1. The summed E-state index contributed by atoms with van der Waals surface area (Å²) in [6.07, 6.45) is 0.331. The van der Waals surface area contributed by atoms with Gasteiger partial charge in [-0.2, -0.15) is 0 Å². The van der Waals surface area contributed by atoms with Crippen molar-refractivity contribution in [2.24, 2.45) is 0 Å². The standard InChI is InChI=1S/C19H16ClNO2S2/c20-17-10-9-15(25-17)14(22)8-11-18(23)21-19(16-7-4-12-24-16)13-5-2-1-3-6-13/h1-7,9-10,12,19H,8,11H2,(H,21,23)/t19-/m1/s1. The van der Waals surface area contributed by atoms with E-state index in [4.69, 9.17) is 11.6 Å². The van der Waals surface area contributed by atoms with Gasteiger partial charge in [0.1, 0.15) is 0 Å². The number of ketones is 1. The van der Waals surface area contributed by atoms with E-state index in [1.54, 1.807) is 23.5 Å². The minimum Gasteiger partial charge on any atom is -0.344 e. The van der Waals surface area contributed by atoms with Gasteiger partial charge in [0.05, 0.1) is 15.3 Å². The molecule has 0 bridgehead atoms. The number of hydrogen-bond acceptors (Lipinski definition) is 4. The molecule has 1 atom stereocenters. The number of halogens is 1. The zero-order chi connectivity index (χ0) is 17.6. The van der Waals surface area contributed by atoms with Gasteiger partial charge in [-0.25, -0.2) is 0 Å². The molecule has 0 aliphatic heterocycles. The molecule has 3 rings (SSSR count). The molecule has 2 aromatic heterocycles. The lowest BCUT2D eigenvalue weighted by Gasteiger charge is -2.18. The number of carbonyl (C=O) groups is 2. The Kier molecular flexibility index (Phi) is 6.02. The van der Waals surface area contributed by atoms with Crippen molar-refractivity contribution in [3.8, 4) is 0 Å². The second kappa shape index (κ2) is 8.43. The minimum absolute atomic E-state index is 0.0561. The topological polar surface area (TPSA) is 46.2 Å². The summed E-state index contributed by atoms with van der Waals surface area (Å²) < 4.78 is 0.578. The van der Waals surface area contributed by atoms with Crippen LogP contribution in [0.15, 0.2) is 60.0 Å². The van der Waals surface area contributed by atoms with E-state index in [9.17, 15) is 9.59 Å². The average molecular weight is 390 g/mol. The highest BCUT2D eigenvalue weighted by Gasteiger charge is 2.18. The number of thiophene rings is 2. The number of amides is 1. The van der Waals surface area contributed by atoms with Crippen LogP contribution in [0.3, 0.4) is 0 Å². The predicted molar refractivity (Wildman–Crippen MR) is 104 cm³/mol. The average Bonchev–Trinajstić information content (AvgIpc) is 3.30. The normalized spacial score (nSPS) is 11.9. The molecule has 6 heteroatoms. The van der Waals surface area contributed by atoms with Crippen LogP contribution in [-0.2, 0) is 4.79 Å². The van der Waals surface area contributed by atoms with Crippen LogP contribution >= 0.6 is 34.3 Å². The maximum atomic E-state index is 12.4. The molecule has 2 heterocycles. The van der Waals surface area contributed by atoms with Crippen LogP contribution in [0.2, 0.25) is 4.34 Å². The van der Waals surface area contributed by atoms with Crippen LogP contribution in [0, 0.1) is 0 Å². The minimum atomic E-state index is -0.194. The SMILES string of the molecule is O=C(CCC(=O)c1ccc(Cl)s1)N[C@H](c1ccccc1)c1cccs1. The van der Waals surface area contributed by atoms with Crippen molar-refractivity contribution in [2.45, 2.75) is 18.9 Å². The maximum absolute atomic E-state index is 12.4. The first-order valence-corrected chi connectivity index (χ1v) is 9.87. The van der Waals surface area contributed by atoms with Gasteiger partial charge < -0.3 is 5.32 Å². The molecule has 0 aliphatic rings. The van der Waals surface area contributed by atoms with E-state index >= 15 is 0 Å². The van der Waals surface area contributed by atoms with Crippen molar-refractivity contribution in [3.05, 3.63) is 79.6 Å². The van der Waals surface area contributed by atoms with Crippen molar-refractivity contribution < 1.29 is 9.59 Å². The Labute approximate surface area is 159 Å². The number of Topliss-reactive ketones (excluding diaryl/α,β-unsaturated/α-hetero) is 1. The Morgan fingerprint density at radius 3 is 2.44 bits per heavy atom. The molecule has 128 valence electrons. The summed E-state index contributed by atoms with van der Waals surface area (Å²) >= 11 is 8.69. The number of hydrogen-bond donors (Lipinski definition) is 1. The third-order valence-electron chi connectivity index (χ3n) is 3.69. The van der Waals surface area contributed by atoms with Crippen molar-refractivity contribution in [1.82, 2.24) is 5.32 Å². The summed E-state index contributed by atoms with van der Waals surface area (Å²) in [6.45, 7) is 0. The molecule has 0 spiro atoms. The molecule has 0 aliphatic carbocycles. The van der Waals surface area contributed by atoms with Crippen molar-refractivity contribution in [1.29, 1.82) is 0 Å². The number of rotatable bonds is 7. The van der Waals surface area contributed by atoms with Crippen molar-refractivity contribution in [3.63, 3.8) is 0 Å². The van der Waals surface area contributed by atoms with Crippen LogP contribution in [-0.4, -0.2) is 11.7 Å². The van der Waals surface area contributed by atoms with Gasteiger partial charge in [-0.1, -0.05) is 48.0 Å². The summed E-state index contributed by atoms with van der Waals surface area (Å²) in [5.74, 6) is -0.197. The summed E-state index contributed by atoms with van der Waals surface area (Å²) in [7, 11) is 0. The largest absolute Gasteiger partial charge is 0.344 e. The first kappa shape index (κ1) is 17.9. The van der Waals surface area contributed by atoms with E-state index in [0.29, 0.717) is 9.21 Å². The molecule has 1 amide bonds. The van der Waals surface area contributed by atoms with Crippen LogP contribution in [0.1, 0.15) is 39.0 Å². The van der Waals surface area contributed by atoms with Gasteiger partial charge >= 0.3 is 0 Å². The van der Waals surface area contributed by atoms with Gasteiger partial charge in [0.2, 0.25) is 5.91 Å².